The molecule has 1 aliphatic rings. The molecule has 5 nitrogen and oxygen atoms in total. The Labute approximate surface area is 109 Å². The van der Waals surface area contributed by atoms with E-state index in [-0.39, 0.29) is 17.1 Å². The minimum absolute atomic E-state index is 0.148. The van der Waals surface area contributed by atoms with Gasteiger partial charge in [-0.1, -0.05) is 24.3 Å². The van der Waals surface area contributed by atoms with E-state index in [2.05, 4.69) is 15.5 Å². The van der Waals surface area contributed by atoms with E-state index < -0.39 is 0 Å². The number of aromatic amines is 1. The summed E-state index contributed by atoms with van der Waals surface area (Å²) in [4.78, 5) is 24.2. The molecule has 0 bridgehead atoms. The van der Waals surface area contributed by atoms with Gasteiger partial charge in [0.2, 0.25) is 0 Å². The first-order valence-electron chi connectivity index (χ1n) is 5.83. The van der Waals surface area contributed by atoms with Gasteiger partial charge in [0.05, 0.1) is 11.8 Å². The highest BCUT2D eigenvalue weighted by atomic mass is 16.2. The predicted octanol–water partition coefficient (Wildman–Crippen LogP) is 2.09. The molecule has 0 saturated carbocycles. The Morgan fingerprint density at radius 2 is 1.79 bits per heavy atom. The van der Waals surface area contributed by atoms with Crippen LogP contribution >= 0.6 is 0 Å². The SMILES string of the molecule is Cc1cn[nH]c1NC=C1C(=O)c2ccccc2C1=O. The van der Waals surface area contributed by atoms with Crippen molar-refractivity contribution < 1.29 is 9.59 Å². The van der Waals surface area contributed by atoms with Gasteiger partial charge in [-0.3, -0.25) is 14.7 Å². The first-order chi connectivity index (χ1) is 9.18. The quantitative estimate of drug-likeness (QED) is 0.634. The molecule has 2 N–H and O–H groups in total. The Kier molecular flexibility index (Phi) is 2.52. The van der Waals surface area contributed by atoms with Gasteiger partial charge in [-0.2, -0.15) is 5.10 Å². The number of rotatable bonds is 2. The molecule has 2 aromatic rings. The smallest absolute Gasteiger partial charge is 0.199 e. The van der Waals surface area contributed by atoms with E-state index in [1.165, 1.54) is 6.20 Å². The lowest BCUT2D eigenvalue weighted by Crippen LogP contribution is -2.04. The Hall–Kier alpha value is -2.69. The number of aromatic nitrogens is 2. The molecule has 1 aromatic heterocycles. The molecule has 94 valence electrons. The van der Waals surface area contributed by atoms with Crippen molar-refractivity contribution in [1.29, 1.82) is 0 Å². The molecule has 0 saturated heterocycles. The average Bonchev–Trinajstić information content (AvgIpc) is 2.93. The fraction of sp³-hybridized carbons (Fsp3) is 0.0714. The summed E-state index contributed by atoms with van der Waals surface area (Å²) in [5.74, 6) is 0.180. The van der Waals surface area contributed by atoms with Crippen molar-refractivity contribution in [1.82, 2.24) is 10.2 Å². The van der Waals surface area contributed by atoms with Crippen LogP contribution in [0.3, 0.4) is 0 Å². The number of nitrogens with zero attached hydrogens (tertiary/aromatic N) is 1. The lowest BCUT2D eigenvalue weighted by atomic mass is 10.1. The average molecular weight is 253 g/mol. The van der Waals surface area contributed by atoms with E-state index in [0.29, 0.717) is 16.9 Å². The van der Waals surface area contributed by atoms with E-state index in [1.54, 1.807) is 30.5 Å². The molecule has 1 aromatic carbocycles. The first-order valence-corrected chi connectivity index (χ1v) is 5.83. The Balaban J connectivity index is 1.94. The number of hydrogen-bond donors (Lipinski definition) is 2. The Morgan fingerprint density at radius 3 is 2.32 bits per heavy atom. The van der Waals surface area contributed by atoms with Crippen molar-refractivity contribution in [3.05, 3.63) is 58.9 Å². The van der Waals surface area contributed by atoms with Crippen LogP contribution in [0, 0.1) is 6.92 Å². The molecule has 0 aliphatic heterocycles. The van der Waals surface area contributed by atoms with E-state index in [0.717, 1.165) is 5.56 Å². The number of carbonyl (C=O) groups is 2. The highest BCUT2D eigenvalue weighted by molar-refractivity contribution is 6.39. The zero-order chi connectivity index (χ0) is 13.4. The molecule has 0 fully saturated rings. The largest absolute Gasteiger partial charge is 0.346 e. The fourth-order valence-electron chi connectivity index (χ4n) is 2.04. The number of benzene rings is 1. The van der Waals surface area contributed by atoms with Crippen LogP contribution in [0.25, 0.3) is 0 Å². The lowest BCUT2D eigenvalue weighted by molar-refractivity contribution is 0.0988. The molecule has 19 heavy (non-hydrogen) atoms. The highest BCUT2D eigenvalue weighted by Gasteiger charge is 2.32. The van der Waals surface area contributed by atoms with Crippen LogP contribution in [-0.2, 0) is 0 Å². The monoisotopic (exact) mass is 253 g/mol. The molecule has 3 rings (SSSR count). The fourth-order valence-corrected chi connectivity index (χ4v) is 2.04. The van der Waals surface area contributed by atoms with E-state index >= 15 is 0 Å². The Bertz CT molecular complexity index is 676. The summed E-state index contributed by atoms with van der Waals surface area (Å²) in [6, 6.07) is 6.83. The summed E-state index contributed by atoms with van der Waals surface area (Å²) >= 11 is 0. The van der Waals surface area contributed by atoms with Crippen molar-refractivity contribution in [3.63, 3.8) is 0 Å². The second-order valence-corrected chi connectivity index (χ2v) is 4.33. The summed E-state index contributed by atoms with van der Waals surface area (Å²) in [5, 5.41) is 9.52. The van der Waals surface area contributed by atoms with Crippen LogP contribution in [0.2, 0.25) is 0 Å². The number of fused-ring (bicyclic) bond motifs is 1. The summed E-state index contributed by atoms with van der Waals surface area (Å²) in [6.45, 7) is 1.87. The lowest BCUT2D eigenvalue weighted by Gasteiger charge is -1.99. The van der Waals surface area contributed by atoms with Crippen molar-refractivity contribution in [2.24, 2.45) is 0 Å². The predicted molar refractivity (Wildman–Crippen MR) is 70.1 cm³/mol. The summed E-state index contributed by atoms with van der Waals surface area (Å²) in [6.07, 6.45) is 3.10. The summed E-state index contributed by atoms with van der Waals surface area (Å²) in [5.41, 5.74) is 1.98. The van der Waals surface area contributed by atoms with Crippen LogP contribution in [0.1, 0.15) is 26.3 Å². The maximum absolute atomic E-state index is 12.1. The number of aryl methyl sites for hydroxylation is 1. The second kappa shape index (κ2) is 4.20. The third-order valence-corrected chi connectivity index (χ3v) is 3.10. The molecule has 1 aliphatic carbocycles. The topological polar surface area (TPSA) is 74.8 Å². The minimum Gasteiger partial charge on any atom is -0.346 e. The van der Waals surface area contributed by atoms with Crippen molar-refractivity contribution >= 4 is 17.4 Å². The number of anilines is 1. The van der Waals surface area contributed by atoms with Gasteiger partial charge in [-0.25, -0.2) is 0 Å². The van der Waals surface area contributed by atoms with Crippen molar-refractivity contribution in [2.45, 2.75) is 6.92 Å². The van der Waals surface area contributed by atoms with Crippen molar-refractivity contribution in [3.8, 4) is 0 Å². The number of H-pyrrole nitrogens is 1. The van der Waals surface area contributed by atoms with Crippen LogP contribution in [-0.4, -0.2) is 21.8 Å². The van der Waals surface area contributed by atoms with Gasteiger partial charge in [0.15, 0.2) is 11.6 Å². The molecule has 0 amide bonds. The van der Waals surface area contributed by atoms with Gasteiger partial charge < -0.3 is 5.32 Å². The molecule has 1 heterocycles. The van der Waals surface area contributed by atoms with Crippen LogP contribution in [0.4, 0.5) is 5.82 Å². The van der Waals surface area contributed by atoms with Crippen LogP contribution < -0.4 is 5.32 Å². The van der Waals surface area contributed by atoms with Gasteiger partial charge >= 0.3 is 0 Å². The Morgan fingerprint density at radius 1 is 1.16 bits per heavy atom. The molecule has 0 unspecified atom stereocenters. The molecular formula is C14H11N3O2. The summed E-state index contributed by atoms with van der Waals surface area (Å²) in [7, 11) is 0. The van der Waals surface area contributed by atoms with Gasteiger partial charge in [-0.05, 0) is 6.92 Å². The molecular weight excluding hydrogens is 242 g/mol. The summed E-state index contributed by atoms with van der Waals surface area (Å²) < 4.78 is 0. The molecule has 0 radical (unpaired) electrons. The second-order valence-electron chi connectivity index (χ2n) is 4.33. The van der Waals surface area contributed by atoms with Gasteiger partial charge in [0, 0.05) is 22.9 Å². The van der Waals surface area contributed by atoms with E-state index in [4.69, 9.17) is 0 Å². The maximum atomic E-state index is 12.1. The number of carbonyl (C=O) groups excluding carboxylic acids is 2. The normalized spacial score (nSPS) is 13.6. The number of allylic oxidation sites excluding steroid dienone is 1. The molecule has 0 atom stereocenters. The van der Waals surface area contributed by atoms with E-state index in [1.807, 2.05) is 6.92 Å². The van der Waals surface area contributed by atoms with Gasteiger partial charge in [0.1, 0.15) is 5.82 Å². The minimum atomic E-state index is -0.245. The molecule has 5 heteroatoms. The zero-order valence-electron chi connectivity index (χ0n) is 10.2. The molecule has 0 spiro atoms. The van der Waals surface area contributed by atoms with Gasteiger partial charge in [0.25, 0.3) is 0 Å². The maximum Gasteiger partial charge on any atom is 0.199 e. The third kappa shape index (κ3) is 1.76. The zero-order valence-corrected chi connectivity index (χ0v) is 10.2. The van der Waals surface area contributed by atoms with E-state index in [9.17, 15) is 9.59 Å². The number of ketones is 2. The third-order valence-electron chi connectivity index (χ3n) is 3.10. The standard InChI is InChI=1S/C14H11N3O2/c1-8-6-16-17-14(8)15-7-11-12(18)9-4-2-3-5-10(9)13(11)19/h2-7H,1H3,(H2,15,16,17). The van der Waals surface area contributed by atoms with Crippen LogP contribution in [0.5, 0.6) is 0 Å². The first kappa shape index (κ1) is 11.4. The van der Waals surface area contributed by atoms with Crippen molar-refractivity contribution in [2.75, 3.05) is 5.32 Å². The number of Topliss-reactive ketones (excluding diaryl/α,β-unsaturated/α-hetero) is 2. The highest BCUT2D eigenvalue weighted by Crippen LogP contribution is 2.26. The van der Waals surface area contributed by atoms with Gasteiger partial charge in [-0.15, -0.1) is 0 Å². The number of hydrogen-bond acceptors (Lipinski definition) is 4. The number of nitrogens with one attached hydrogen (secondary N) is 2. The van der Waals surface area contributed by atoms with Crippen LogP contribution in [0.15, 0.2) is 42.2 Å².